The van der Waals surface area contributed by atoms with E-state index in [0.717, 1.165) is 5.69 Å². The van der Waals surface area contributed by atoms with Gasteiger partial charge in [-0.2, -0.15) is 0 Å². The molecule has 1 aromatic rings. The second kappa shape index (κ2) is 3.94. The first kappa shape index (κ1) is 7.13. The molecule has 10 heavy (non-hydrogen) atoms. The molecule has 2 rings (SSSR count). The average Bonchev–Trinajstić information content (AvgIpc) is 2.73. The fraction of sp³-hybridized carbons (Fsp3) is 0.333. The highest BCUT2D eigenvalue weighted by atomic mass is 14.5. The number of nitrogen functional groups attached to an aromatic ring is 1. The Labute approximate surface area is 61.9 Å². The summed E-state index contributed by atoms with van der Waals surface area (Å²) >= 11 is 0. The molecule has 0 spiro atoms. The lowest BCUT2D eigenvalue weighted by Crippen LogP contribution is -1.79. The highest BCUT2D eigenvalue weighted by molar-refractivity contribution is 5.35. The number of hydrogen-bond donors (Lipinski definition) is 1. The Hall–Kier alpha value is -0.980. The Kier molecular flexibility index (Phi) is 2.81. The maximum absolute atomic E-state index is 5.36. The normalized spacial score (nSPS) is 13.2. The van der Waals surface area contributed by atoms with Gasteiger partial charge in [-0.3, -0.25) is 0 Å². The van der Waals surface area contributed by atoms with Gasteiger partial charge in [0.1, 0.15) is 0 Å². The van der Waals surface area contributed by atoms with Crippen molar-refractivity contribution in [1.82, 2.24) is 0 Å². The van der Waals surface area contributed by atoms with Crippen LogP contribution in [0.2, 0.25) is 0 Å². The maximum atomic E-state index is 5.36. The Bertz CT molecular complexity index is 165. The van der Waals surface area contributed by atoms with Crippen LogP contribution in [0.25, 0.3) is 0 Å². The van der Waals surface area contributed by atoms with Gasteiger partial charge in [-0.1, -0.05) is 37.5 Å². The summed E-state index contributed by atoms with van der Waals surface area (Å²) in [5, 5.41) is 0. The highest BCUT2D eigenvalue weighted by Gasteiger charge is 1.95. The summed E-state index contributed by atoms with van der Waals surface area (Å²) in [5.41, 5.74) is 6.18. The van der Waals surface area contributed by atoms with Crippen molar-refractivity contribution in [3.05, 3.63) is 30.3 Å². The molecule has 1 aliphatic rings. The van der Waals surface area contributed by atoms with Crippen molar-refractivity contribution in [1.29, 1.82) is 0 Å². The van der Waals surface area contributed by atoms with Crippen LogP contribution in [0.5, 0.6) is 0 Å². The first-order valence-corrected chi connectivity index (χ1v) is 3.70. The smallest absolute Gasteiger partial charge is 0.0313 e. The summed E-state index contributed by atoms with van der Waals surface area (Å²) in [6.45, 7) is 0. The molecule has 1 aliphatic carbocycles. The molecule has 0 atom stereocenters. The van der Waals surface area contributed by atoms with Crippen LogP contribution in [0.4, 0.5) is 5.69 Å². The summed E-state index contributed by atoms with van der Waals surface area (Å²) in [6, 6.07) is 9.49. The van der Waals surface area contributed by atoms with Crippen LogP contribution in [0, 0.1) is 0 Å². The third-order valence-corrected chi connectivity index (χ3v) is 1.15. The molecule has 2 N–H and O–H groups in total. The van der Waals surface area contributed by atoms with E-state index in [9.17, 15) is 0 Å². The molecule has 0 aromatic heterocycles. The molecule has 54 valence electrons. The SMILES string of the molecule is C1CC1.Nc1ccccc1. The van der Waals surface area contributed by atoms with E-state index in [1.807, 2.05) is 30.3 Å². The number of nitrogens with two attached hydrogens (primary N) is 1. The Morgan fingerprint density at radius 2 is 1.40 bits per heavy atom. The summed E-state index contributed by atoms with van der Waals surface area (Å²) in [5.74, 6) is 0. The van der Waals surface area contributed by atoms with Crippen molar-refractivity contribution >= 4 is 5.69 Å². The number of rotatable bonds is 0. The first-order valence-electron chi connectivity index (χ1n) is 3.70. The van der Waals surface area contributed by atoms with Gasteiger partial charge >= 0.3 is 0 Å². The van der Waals surface area contributed by atoms with Gasteiger partial charge in [0.15, 0.2) is 0 Å². The topological polar surface area (TPSA) is 26.0 Å². The largest absolute Gasteiger partial charge is 0.399 e. The minimum atomic E-state index is 0.822. The monoisotopic (exact) mass is 135 g/mol. The quantitative estimate of drug-likeness (QED) is 0.543. The lowest BCUT2D eigenvalue weighted by molar-refractivity contribution is 1.50. The van der Waals surface area contributed by atoms with Gasteiger partial charge in [0.2, 0.25) is 0 Å². The van der Waals surface area contributed by atoms with E-state index in [1.54, 1.807) is 0 Å². The molecule has 1 fully saturated rings. The zero-order chi connectivity index (χ0) is 7.23. The first-order chi connectivity index (χ1) is 4.89. The van der Waals surface area contributed by atoms with Crippen molar-refractivity contribution in [2.24, 2.45) is 0 Å². The van der Waals surface area contributed by atoms with Crippen molar-refractivity contribution in [3.63, 3.8) is 0 Å². The zero-order valence-electron chi connectivity index (χ0n) is 6.09. The van der Waals surface area contributed by atoms with Gasteiger partial charge < -0.3 is 5.73 Å². The molecule has 1 nitrogen and oxygen atoms in total. The van der Waals surface area contributed by atoms with Gasteiger partial charge in [0.05, 0.1) is 0 Å². The predicted molar refractivity (Wildman–Crippen MR) is 44.7 cm³/mol. The molecular formula is C9H13N. The lowest BCUT2D eigenvalue weighted by atomic mass is 10.3. The van der Waals surface area contributed by atoms with Gasteiger partial charge in [0.25, 0.3) is 0 Å². The van der Waals surface area contributed by atoms with Crippen LogP contribution in [-0.4, -0.2) is 0 Å². The number of hydrogen-bond acceptors (Lipinski definition) is 1. The van der Waals surface area contributed by atoms with Crippen molar-refractivity contribution in [2.75, 3.05) is 5.73 Å². The van der Waals surface area contributed by atoms with E-state index in [1.165, 1.54) is 19.3 Å². The van der Waals surface area contributed by atoms with Crippen LogP contribution in [0.3, 0.4) is 0 Å². The molecular weight excluding hydrogens is 122 g/mol. The number of para-hydroxylation sites is 1. The van der Waals surface area contributed by atoms with E-state index in [4.69, 9.17) is 5.73 Å². The Balaban J connectivity index is 0.000000138. The molecule has 1 aromatic carbocycles. The van der Waals surface area contributed by atoms with Crippen molar-refractivity contribution in [2.45, 2.75) is 19.3 Å². The maximum Gasteiger partial charge on any atom is 0.0313 e. The van der Waals surface area contributed by atoms with Crippen LogP contribution < -0.4 is 5.73 Å². The number of anilines is 1. The summed E-state index contributed by atoms with van der Waals surface area (Å²) in [4.78, 5) is 0. The third-order valence-electron chi connectivity index (χ3n) is 1.15. The molecule has 0 unspecified atom stereocenters. The van der Waals surface area contributed by atoms with E-state index in [2.05, 4.69) is 0 Å². The third kappa shape index (κ3) is 3.96. The molecule has 0 bridgehead atoms. The minimum absolute atomic E-state index is 0.822. The summed E-state index contributed by atoms with van der Waals surface area (Å²) in [7, 11) is 0. The van der Waals surface area contributed by atoms with Crippen LogP contribution in [0.1, 0.15) is 19.3 Å². The standard InChI is InChI=1S/C6H7N.C3H6/c7-6-4-2-1-3-5-6;1-2-3-1/h1-5H,7H2;1-3H2. The molecule has 0 saturated heterocycles. The average molecular weight is 135 g/mol. The number of benzene rings is 1. The van der Waals surface area contributed by atoms with Crippen LogP contribution in [0.15, 0.2) is 30.3 Å². The predicted octanol–water partition coefficient (Wildman–Crippen LogP) is 2.44. The summed E-state index contributed by atoms with van der Waals surface area (Å²) in [6.07, 6.45) is 4.50. The van der Waals surface area contributed by atoms with Crippen LogP contribution >= 0.6 is 0 Å². The lowest BCUT2D eigenvalue weighted by Gasteiger charge is -1.83. The van der Waals surface area contributed by atoms with E-state index < -0.39 is 0 Å². The molecule has 1 saturated carbocycles. The van der Waals surface area contributed by atoms with Gasteiger partial charge in [-0.25, -0.2) is 0 Å². The van der Waals surface area contributed by atoms with E-state index >= 15 is 0 Å². The molecule has 0 amide bonds. The fourth-order valence-corrected chi connectivity index (χ4v) is 0.453. The van der Waals surface area contributed by atoms with Crippen molar-refractivity contribution < 1.29 is 0 Å². The molecule has 0 heterocycles. The fourth-order valence-electron chi connectivity index (χ4n) is 0.453. The molecule has 0 aliphatic heterocycles. The Morgan fingerprint density at radius 1 is 0.900 bits per heavy atom. The second-order valence-corrected chi connectivity index (χ2v) is 2.47. The van der Waals surface area contributed by atoms with Crippen molar-refractivity contribution in [3.8, 4) is 0 Å². The van der Waals surface area contributed by atoms with Crippen LogP contribution in [-0.2, 0) is 0 Å². The molecule has 0 radical (unpaired) electrons. The Morgan fingerprint density at radius 3 is 1.60 bits per heavy atom. The van der Waals surface area contributed by atoms with Gasteiger partial charge in [-0.15, -0.1) is 0 Å². The van der Waals surface area contributed by atoms with E-state index in [0.29, 0.717) is 0 Å². The van der Waals surface area contributed by atoms with Gasteiger partial charge in [-0.05, 0) is 12.1 Å². The molecule has 1 heteroatoms. The zero-order valence-corrected chi connectivity index (χ0v) is 6.09. The second-order valence-electron chi connectivity index (χ2n) is 2.47. The highest BCUT2D eigenvalue weighted by Crippen LogP contribution is 2.14. The minimum Gasteiger partial charge on any atom is -0.399 e. The van der Waals surface area contributed by atoms with E-state index in [-0.39, 0.29) is 0 Å². The summed E-state index contributed by atoms with van der Waals surface area (Å²) < 4.78 is 0. The van der Waals surface area contributed by atoms with Gasteiger partial charge in [0, 0.05) is 5.69 Å².